The second kappa shape index (κ2) is 13.1. The monoisotopic (exact) mass is 434 g/mol. The summed E-state index contributed by atoms with van der Waals surface area (Å²) in [4.78, 5) is 0. The van der Waals surface area contributed by atoms with Gasteiger partial charge in [0.15, 0.2) is 0 Å². The summed E-state index contributed by atoms with van der Waals surface area (Å²) in [5, 5.41) is 2.92. The van der Waals surface area contributed by atoms with E-state index >= 15 is 0 Å². The van der Waals surface area contributed by atoms with Crippen LogP contribution in [0, 0.1) is 0 Å². The zero-order valence-electron chi connectivity index (χ0n) is 20.0. The number of benzene rings is 2. The highest BCUT2D eigenvalue weighted by Gasteiger charge is 2.10. The van der Waals surface area contributed by atoms with Gasteiger partial charge in [-0.15, -0.1) is 11.3 Å². The van der Waals surface area contributed by atoms with Crippen LogP contribution < -0.4 is 0 Å². The second-order valence-corrected chi connectivity index (χ2v) is 10.3. The van der Waals surface area contributed by atoms with Crippen LogP contribution in [0.3, 0.4) is 0 Å². The molecule has 0 radical (unpaired) electrons. The fourth-order valence-electron chi connectivity index (χ4n) is 4.70. The molecule has 0 saturated heterocycles. The predicted molar refractivity (Wildman–Crippen MR) is 144 cm³/mol. The van der Waals surface area contributed by atoms with Crippen LogP contribution in [0.1, 0.15) is 108 Å². The fraction of sp³-hybridized carbons (Fsp3) is 0.533. The van der Waals surface area contributed by atoms with E-state index in [1.54, 1.807) is 0 Å². The van der Waals surface area contributed by atoms with E-state index in [4.69, 9.17) is 0 Å². The molecule has 0 unspecified atom stereocenters. The zero-order valence-corrected chi connectivity index (χ0v) is 20.8. The van der Waals surface area contributed by atoms with Crippen LogP contribution >= 0.6 is 11.3 Å². The molecule has 1 aromatic heterocycles. The predicted octanol–water partition coefficient (Wildman–Crippen LogP) is 10.5. The maximum absolute atomic E-state index is 4.10. The highest BCUT2D eigenvalue weighted by Crippen LogP contribution is 2.37. The van der Waals surface area contributed by atoms with Gasteiger partial charge in [-0.05, 0) is 66.6 Å². The van der Waals surface area contributed by atoms with Crippen molar-refractivity contribution in [1.82, 2.24) is 0 Å². The van der Waals surface area contributed by atoms with Crippen LogP contribution in [0.15, 0.2) is 36.9 Å². The summed E-state index contributed by atoms with van der Waals surface area (Å²) in [6.45, 7) is 8.68. The van der Waals surface area contributed by atoms with Gasteiger partial charge in [0.1, 0.15) is 0 Å². The van der Waals surface area contributed by atoms with Crippen molar-refractivity contribution in [3.63, 3.8) is 0 Å². The van der Waals surface area contributed by atoms with E-state index in [1.165, 1.54) is 127 Å². The second-order valence-electron chi connectivity index (χ2n) is 9.22. The van der Waals surface area contributed by atoms with Gasteiger partial charge in [0.2, 0.25) is 0 Å². The van der Waals surface area contributed by atoms with Crippen molar-refractivity contribution in [2.75, 3.05) is 0 Å². The van der Waals surface area contributed by atoms with Crippen molar-refractivity contribution >= 4 is 37.6 Å². The molecule has 1 heteroatoms. The van der Waals surface area contributed by atoms with Gasteiger partial charge in [0.05, 0.1) is 0 Å². The van der Waals surface area contributed by atoms with Crippen LogP contribution in [0.4, 0.5) is 0 Å². The number of thiophene rings is 1. The molecule has 0 aliphatic heterocycles. The standard InChI is InChI=1S/C30H42S/c1-4-7-9-11-13-15-17-24-19-20-29-27(21-24)28-22-26(18-16-14-12-10-8-5-2)25(6-3)23-30(28)31-29/h6,19-23H,3-5,7-18H2,1-2H3. The highest BCUT2D eigenvalue weighted by molar-refractivity contribution is 7.25. The lowest BCUT2D eigenvalue weighted by molar-refractivity contribution is 0.607. The molecule has 0 amide bonds. The van der Waals surface area contributed by atoms with Crippen LogP contribution in [0.5, 0.6) is 0 Å². The zero-order chi connectivity index (χ0) is 21.9. The van der Waals surface area contributed by atoms with Crippen molar-refractivity contribution in [2.24, 2.45) is 0 Å². The molecule has 0 aliphatic carbocycles. The van der Waals surface area contributed by atoms with Crippen molar-refractivity contribution in [3.05, 3.63) is 53.6 Å². The van der Waals surface area contributed by atoms with E-state index in [2.05, 4.69) is 56.8 Å². The first kappa shape index (κ1) is 24.1. The average Bonchev–Trinajstić information content (AvgIpc) is 3.14. The Labute approximate surface area is 194 Å². The summed E-state index contributed by atoms with van der Waals surface area (Å²) in [6, 6.07) is 12.0. The van der Waals surface area contributed by atoms with E-state index < -0.39 is 0 Å². The maximum Gasteiger partial charge on any atom is 0.0361 e. The Morgan fingerprint density at radius 1 is 0.677 bits per heavy atom. The number of aryl methyl sites for hydroxylation is 2. The molecular weight excluding hydrogens is 392 g/mol. The molecule has 3 aromatic rings. The first-order valence-corrected chi connectivity index (χ1v) is 13.7. The summed E-state index contributed by atoms with van der Waals surface area (Å²) in [5.41, 5.74) is 4.33. The molecule has 0 N–H and O–H groups in total. The molecule has 0 fully saturated rings. The van der Waals surface area contributed by atoms with E-state index in [9.17, 15) is 0 Å². The van der Waals surface area contributed by atoms with Gasteiger partial charge in [-0.3, -0.25) is 0 Å². The minimum absolute atomic E-state index is 1.18. The first-order chi connectivity index (χ1) is 15.3. The van der Waals surface area contributed by atoms with E-state index in [0.717, 1.165) is 0 Å². The number of rotatable bonds is 15. The van der Waals surface area contributed by atoms with Gasteiger partial charge in [-0.1, -0.05) is 96.8 Å². The van der Waals surface area contributed by atoms with Gasteiger partial charge < -0.3 is 0 Å². The quantitative estimate of drug-likeness (QED) is 0.209. The Hall–Kier alpha value is -1.60. The van der Waals surface area contributed by atoms with Crippen LogP contribution in [0.25, 0.3) is 26.2 Å². The van der Waals surface area contributed by atoms with Gasteiger partial charge in [-0.2, -0.15) is 0 Å². The maximum atomic E-state index is 4.10. The topological polar surface area (TPSA) is 0 Å². The summed E-state index contributed by atoms with van der Waals surface area (Å²) in [7, 11) is 0. The molecule has 0 bridgehead atoms. The molecule has 2 aromatic carbocycles. The van der Waals surface area contributed by atoms with E-state index in [0.29, 0.717) is 0 Å². The van der Waals surface area contributed by atoms with Crippen molar-refractivity contribution in [3.8, 4) is 0 Å². The Balaban J connectivity index is 1.70. The molecule has 0 nitrogen and oxygen atoms in total. The molecule has 31 heavy (non-hydrogen) atoms. The number of hydrogen-bond donors (Lipinski definition) is 0. The molecule has 0 atom stereocenters. The van der Waals surface area contributed by atoms with Crippen molar-refractivity contribution in [2.45, 2.75) is 104 Å². The fourth-order valence-corrected chi connectivity index (χ4v) is 5.81. The molecule has 3 rings (SSSR count). The summed E-state index contributed by atoms with van der Waals surface area (Å²) in [5.74, 6) is 0. The SMILES string of the molecule is C=Cc1cc2sc3ccc(CCCCCCCC)cc3c2cc1CCCCCCCC. The van der Waals surface area contributed by atoms with Crippen LogP contribution in [0.2, 0.25) is 0 Å². The third kappa shape index (κ3) is 6.94. The van der Waals surface area contributed by atoms with E-state index in [1.807, 2.05) is 11.3 Å². The largest absolute Gasteiger partial charge is 0.135 e. The molecule has 168 valence electrons. The Kier molecular flexibility index (Phi) is 10.1. The van der Waals surface area contributed by atoms with E-state index in [-0.39, 0.29) is 0 Å². The minimum Gasteiger partial charge on any atom is -0.135 e. The Morgan fingerprint density at radius 2 is 1.29 bits per heavy atom. The third-order valence-electron chi connectivity index (χ3n) is 6.63. The lowest BCUT2D eigenvalue weighted by atomic mass is 9.97. The molecule has 0 saturated carbocycles. The van der Waals surface area contributed by atoms with Gasteiger partial charge in [0, 0.05) is 20.2 Å². The average molecular weight is 435 g/mol. The number of unbranched alkanes of at least 4 members (excludes halogenated alkanes) is 10. The number of fused-ring (bicyclic) bond motifs is 3. The Bertz CT molecular complexity index is 946. The third-order valence-corrected chi connectivity index (χ3v) is 7.77. The summed E-state index contributed by atoms with van der Waals surface area (Å²) >= 11 is 1.94. The smallest absolute Gasteiger partial charge is 0.0361 e. The molecular formula is C30H42S. The van der Waals surface area contributed by atoms with Crippen LogP contribution in [-0.4, -0.2) is 0 Å². The van der Waals surface area contributed by atoms with Crippen molar-refractivity contribution < 1.29 is 0 Å². The Morgan fingerprint density at radius 3 is 1.97 bits per heavy atom. The first-order valence-electron chi connectivity index (χ1n) is 12.9. The summed E-state index contributed by atoms with van der Waals surface area (Å²) < 4.78 is 2.83. The summed E-state index contributed by atoms with van der Waals surface area (Å²) in [6.07, 6.45) is 20.8. The van der Waals surface area contributed by atoms with Crippen molar-refractivity contribution in [1.29, 1.82) is 0 Å². The minimum atomic E-state index is 1.18. The van der Waals surface area contributed by atoms with Gasteiger partial charge in [0.25, 0.3) is 0 Å². The number of hydrogen-bond acceptors (Lipinski definition) is 1. The molecule has 0 aliphatic rings. The highest BCUT2D eigenvalue weighted by atomic mass is 32.1. The van der Waals surface area contributed by atoms with Gasteiger partial charge >= 0.3 is 0 Å². The lowest BCUT2D eigenvalue weighted by Gasteiger charge is -2.08. The molecule has 1 heterocycles. The van der Waals surface area contributed by atoms with Gasteiger partial charge in [-0.25, -0.2) is 0 Å². The lowest BCUT2D eigenvalue weighted by Crippen LogP contribution is -1.91. The molecule has 0 spiro atoms. The van der Waals surface area contributed by atoms with Crippen LogP contribution in [-0.2, 0) is 12.8 Å². The normalized spacial score (nSPS) is 11.5.